The van der Waals surface area contributed by atoms with E-state index in [1.807, 2.05) is 53.1 Å². The highest BCUT2D eigenvalue weighted by atomic mass is 16.5. The van der Waals surface area contributed by atoms with Gasteiger partial charge in [0.15, 0.2) is 17.0 Å². The van der Waals surface area contributed by atoms with Crippen molar-refractivity contribution >= 4 is 11.2 Å². The van der Waals surface area contributed by atoms with Gasteiger partial charge < -0.3 is 9.30 Å². The number of aromatic nitrogens is 8. The van der Waals surface area contributed by atoms with E-state index in [4.69, 9.17) is 4.74 Å². The summed E-state index contributed by atoms with van der Waals surface area (Å²) in [6.07, 6.45) is 1.90. The molecule has 0 spiro atoms. The van der Waals surface area contributed by atoms with E-state index in [1.54, 1.807) is 6.92 Å². The Morgan fingerprint density at radius 1 is 1.05 bits per heavy atom. The van der Waals surface area contributed by atoms with Gasteiger partial charge in [0.1, 0.15) is 12.1 Å². The second kappa shape index (κ2) is 10.3. The molecule has 0 amide bonds. The molecule has 190 valence electrons. The van der Waals surface area contributed by atoms with Crippen molar-refractivity contribution in [1.29, 1.82) is 0 Å². The molecule has 0 bridgehead atoms. The number of methoxy groups -OCH3 is 1. The zero-order valence-corrected chi connectivity index (χ0v) is 20.9. The quantitative estimate of drug-likeness (QED) is 0.317. The first-order valence-corrected chi connectivity index (χ1v) is 12.2. The minimum Gasteiger partial charge on any atom is -0.361 e. The molecule has 0 fully saturated rings. The molecule has 37 heavy (non-hydrogen) atoms. The van der Waals surface area contributed by atoms with Gasteiger partial charge in [-0.1, -0.05) is 61.9 Å². The number of nitrogens with zero attached hydrogens (tertiary/aromatic N) is 6. The molecule has 3 aromatic heterocycles. The number of hydrogen-bond acceptors (Lipinski definition) is 7. The fraction of sp³-hybridized carbons (Fsp3) is 0.308. The number of imidazole rings is 1. The van der Waals surface area contributed by atoms with E-state index < -0.39 is 17.5 Å². The van der Waals surface area contributed by atoms with Gasteiger partial charge in [0.2, 0.25) is 0 Å². The molecular formula is C26H28N8O3. The van der Waals surface area contributed by atoms with E-state index in [1.165, 1.54) is 7.11 Å². The molecule has 0 aliphatic heterocycles. The zero-order valence-electron chi connectivity index (χ0n) is 20.9. The number of nitrogens with one attached hydrogen (secondary N) is 2. The maximum atomic E-state index is 13.4. The number of unbranched alkanes of at least 4 members (excludes halogenated alkanes) is 1. The minimum atomic E-state index is -0.706. The van der Waals surface area contributed by atoms with Crippen LogP contribution in [0.1, 0.15) is 44.3 Å². The van der Waals surface area contributed by atoms with Crippen molar-refractivity contribution < 1.29 is 4.74 Å². The third-order valence-corrected chi connectivity index (χ3v) is 6.50. The van der Waals surface area contributed by atoms with E-state index in [0.717, 1.165) is 45.5 Å². The summed E-state index contributed by atoms with van der Waals surface area (Å²) in [6.45, 7) is 4.20. The Bertz CT molecular complexity index is 1630. The minimum absolute atomic E-state index is 0.298. The molecule has 0 saturated heterocycles. The molecule has 2 aromatic carbocycles. The third kappa shape index (κ3) is 4.60. The monoisotopic (exact) mass is 500 g/mol. The highest BCUT2D eigenvalue weighted by Gasteiger charge is 2.20. The van der Waals surface area contributed by atoms with Crippen LogP contribution in [0.15, 0.2) is 58.1 Å². The predicted octanol–water partition coefficient (Wildman–Crippen LogP) is 3.29. The lowest BCUT2D eigenvalue weighted by molar-refractivity contribution is 0.0542. The van der Waals surface area contributed by atoms with Gasteiger partial charge in [-0.25, -0.2) is 19.4 Å². The Morgan fingerprint density at radius 3 is 2.49 bits per heavy atom. The second-order valence-electron chi connectivity index (χ2n) is 8.85. The van der Waals surface area contributed by atoms with Gasteiger partial charge in [0.25, 0.3) is 5.56 Å². The van der Waals surface area contributed by atoms with Gasteiger partial charge in [-0.2, -0.15) is 0 Å². The van der Waals surface area contributed by atoms with Crippen LogP contribution in [-0.4, -0.2) is 46.8 Å². The highest BCUT2D eigenvalue weighted by Crippen LogP contribution is 2.30. The molecule has 11 heteroatoms. The van der Waals surface area contributed by atoms with Crippen LogP contribution in [0.3, 0.4) is 0 Å². The molecule has 0 saturated carbocycles. The maximum absolute atomic E-state index is 13.4. The lowest BCUT2D eigenvalue weighted by Gasteiger charge is -2.13. The van der Waals surface area contributed by atoms with E-state index >= 15 is 0 Å². The molecule has 0 radical (unpaired) electrons. The number of ether oxygens (including phenoxy) is 1. The second-order valence-corrected chi connectivity index (χ2v) is 8.85. The van der Waals surface area contributed by atoms with Crippen molar-refractivity contribution in [1.82, 2.24) is 39.7 Å². The van der Waals surface area contributed by atoms with Gasteiger partial charge in [0, 0.05) is 25.6 Å². The average Bonchev–Trinajstić information content (AvgIpc) is 3.56. The number of benzene rings is 2. The zero-order chi connectivity index (χ0) is 25.9. The van der Waals surface area contributed by atoms with Crippen molar-refractivity contribution in [3.8, 4) is 22.5 Å². The van der Waals surface area contributed by atoms with Gasteiger partial charge in [-0.05, 0) is 40.5 Å². The summed E-state index contributed by atoms with van der Waals surface area (Å²) in [5.41, 5.74) is 3.61. The standard InChI is InChI=1S/C26H28N8O3/c1-4-5-10-21-27-24-22(25(35)34(16(2)37-3)26(36)28-24)33(21)15-17-11-13-18(14-12-17)19-8-6-7-9-20(19)23-29-31-32-30-23/h6-9,11-14,16H,4-5,10,15H2,1-3H3,(H,28,36)(H,29,30,31,32). The number of fused-ring (bicyclic) bond motifs is 1. The lowest BCUT2D eigenvalue weighted by Crippen LogP contribution is -2.38. The first-order chi connectivity index (χ1) is 18.0. The SMILES string of the molecule is CCCCc1nc2[nH]c(=O)n(C(C)OC)c(=O)c2n1Cc1ccc(-c2ccccc2-c2nnn[nH]2)cc1. The van der Waals surface area contributed by atoms with Crippen LogP contribution < -0.4 is 11.2 Å². The van der Waals surface area contributed by atoms with Crippen LogP contribution >= 0.6 is 0 Å². The summed E-state index contributed by atoms with van der Waals surface area (Å²) in [5, 5.41) is 14.3. The van der Waals surface area contributed by atoms with E-state index in [9.17, 15) is 9.59 Å². The summed E-state index contributed by atoms with van der Waals surface area (Å²) < 4.78 is 8.26. The van der Waals surface area contributed by atoms with Crippen molar-refractivity contribution in [2.75, 3.05) is 7.11 Å². The smallest absolute Gasteiger partial charge is 0.332 e. The van der Waals surface area contributed by atoms with E-state index in [0.29, 0.717) is 30.0 Å². The van der Waals surface area contributed by atoms with Crippen molar-refractivity contribution in [2.45, 2.75) is 45.9 Å². The first-order valence-electron chi connectivity index (χ1n) is 12.2. The maximum Gasteiger partial charge on any atom is 0.332 e. The number of tetrazole rings is 1. The number of rotatable bonds is 9. The summed E-state index contributed by atoms with van der Waals surface area (Å²) in [4.78, 5) is 33.4. The molecule has 0 aliphatic carbocycles. The Labute approximate surface area is 212 Å². The number of hydrogen-bond donors (Lipinski definition) is 2. The van der Waals surface area contributed by atoms with Crippen molar-refractivity contribution in [3.63, 3.8) is 0 Å². The van der Waals surface area contributed by atoms with E-state index in [-0.39, 0.29) is 0 Å². The summed E-state index contributed by atoms with van der Waals surface area (Å²) in [6, 6.07) is 16.0. The average molecular weight is 501 g/mol. The molecule has 0 aliphatic rings. The largest absolute Gasteiger partial charge is 0.361 e. The Balaban J connectivity index is 1.55. The van der Waals surface area contributed by atoms with Gasteiger partial charge in [-0.3, -0.25) is 9.78 Å². The molecule has 2 N–H and O–H groups in total. The predicted molar refractivity (Wildman–Crippen MR) is 139 cm³/mol. The molecular weight excluding hydrogens is 472 g/mol. The Hall–Kier alpha value is -4.38. The molecule has 5 aromatic rings. The normalized spacial score (nSPS) is 12.3. The number of aromatic amines is 2. The van der Waals surface area contributed by atoms with Crippen LogP contribution in [0.25, 0.3) is 33.7 Å². The van der Waals surface area contributed by atoms with Crippen LogP contribution in [-0.2, 0) is 17.7 Å². The molecule has 5 rings (SSSR count). The Morgan fingerprint density at radius 2 is 1.81 bits per heavy atom. The summed E-state index contributed by atoms with van der Waals surface area (Å²) >= 11 is 0. The summed E-state index contributed by atoms with van der Waals surface area (Å²) in [5.74, 6) is 1.36. The Kier molecular flexibility index (Phi) is 6.78. The molecule has 11 nitrogen and oxygen atoms in total. The fourth-order valence-electron chi connectivity index (χ4n) is 4.49. The number of aryl methyl sites for hydroxylation is 1. The van der Waals surface area contributed by atoms with Crippen LogP contribution in [0.4, 0.5) is 0 Å². The third-order valence-electron chi connectivity index (χ3n) is 6.50. The topological polar surface area (TPSA) is 136 Å². The van der Waals surface area contributed by atoms with Gasteiger partial charge in [-0.15, -0.1) is 5.10 Å². The van der Waals surface area contributed by atoms with Gasteiger partial charge in [0.05, 0.1) is 0 Å². The van der Waals surface area contributed by atoms with Crippen LogP contribution in [0.5, 0.6) is 0 Å². The van der Waals surface area contributed by atoms with Crippen LogP contribution in [0, 0.1) is 0 Å². The summed E-state index contributed by atoms with van der Waals surface area (Å²) in [7, 11) is 1.46. The molecule has 1 atom stereocenters. The van der Waals surface area contributed by atoms with Crippen molar-refractivity contribution in [3.05, 3.63) is 80.8 Å². The van der Waals surface area contributed by atoms with Crippen molar-refractivity contribution in [2.24, 2.45) is 0 Å². The molecule has 3 heterocycles. The van der Waals surface area contributed by atoms with E-state index in [2.05, 4.69) is 37.5 Å². The van der Waals surface area contributed by atoms with Gasteiger partial charge >= 0.3 is 5.69 Å². The first kappa shape index (κ1) is 24.3. The fourth-order valence-corrected chi connectivity index (χ4v) is 4.49. The molecule has 1 unspecified atom stereocenters. The highest BCUT2D eigenvalue weighted by molar-refractivity contribution is 5.80. The number of H-pyrrole nitrogens is 2. The lowest BCUT2D eigenvalue weighted by atomic mass is 9.98. The van der Waals surface area contributed by atoms with Crippen LogP contribution in [0.2, 0.25) is 0 Å².